The van der Waals surface area contributed by atoms with E-state index < -0.39 is 0 Å². The fourth-order valence-electron chi connectivity index (χ4n) is 4.16. The summed E-state index contributed by atoms with van der Waals surface area (Å²) < 4.78 is 7.35. The molecule has 0 atom stereocenters. The molecule has 1 aliphatic rings. The molecule has 2 aromatic carbocycles. The topological polar surface area (TPSA) is 59.4 Å². The van der Waals surface area contributed by atoms with Gasteiger partial charge in [0, 0.05) is 48.5 Å². The van der Waals surface area contributed by atoms with Gasteiger partial charge in [-0.05, 0) is 42.7 Å². The summed E-state index contributed by atoms with van der Waals surface area (Å²) in [7, 11) is 0. The van der Waals surface area contributed by atoms with E-state index in [1.165, 1.54) is 5.56 Å². The first-order valence-electron chi connectivity index (χ1n) is 11.6. The fourth-order valence-corrected chi connectivity index (χ4v) is 4.35. The fraction of sp³-hybridized carbons (Fsp3) is 0.333. The van der Waals surface area contributed by atoms with Gasteiger partial charge in [-0.1, -0.05) is 54.1 Å². The van der Waals surface area contributed by atoms with Crippen molar-refractivity contribution in [2.75, 3.05) is 26.3 Å². The Morgan fingerprint density at radius 2 is 1.85 bits per heavy atom. The Bertz CT molecular complexity index is 1170. The van der Waals surface area contributed by atoms with E-state index in [2.05, 4.69) is 27.4 Å². The molecule has 34 heavy (non-hydrogen) atoms. The van der Waals surface area contributed by atoms with E-state index in [4.69, 9.17) is 16.3 Å². The van der Waals surface area contributed by atoms with Crippen LogP contribution in [0.2, 0.25) is 5.02 Å². The Morgan fingerprint density at radius 1 is 1.09 bits per heavy atom. The quantitative estimate of drug-likeness (QED) is 0.488. The molecule has 0 unspecified atom stereocenters. The first-order valence-corrected chi connectivity index (χ1v) is 12.0. The molecule has 1 aliphatic heterocycles. The molecule has 1 N–H and O–H groups in total. The standard InChI is InChI=1S/C27H31ClN4O2/c1-20-25(21(2)32(30-20)19-24-8-3-4-9-26(24)28)10-11-27(33)29-17-22-6-5-7-23(16-22)18-31-12-14-34-15-13-31/h3-11,16H,12-15,17-19H2,1-2H3,(H,29,33)/b11-10+. The van der Waals surface area contributed by atoms with Crippen LogP contribution in [0.5, 0.6) is 0 Å². The summed E-state index contributed by atoms with van der Waals surface area (Å²) in [6, 6.07) is 16.1. The van der Waals surface area contributed by atoms with Crippen molar-refractivity contribution >= 4 is 23.6 Å². The van der Waals surface area contributed by atoms with Crippen LogP contribution in [-0.4, -0.2) is 46.9 Å². The number of rotatable bonds is 8. The summed E-state index contributed by atoms with van der Waals surface area (Å²) in [5.74, 6) is -0.128. The summed E-state index contributed by atoms with van der Waals surface area (Å²) in [5, 5.41) is 8.35. The number of ether oxygens (including phenoxy) is 1. The van der Waals surface area contributed by atoms with E-state index in [0.717, 1.165) is 65.9 Å². The highest BCUT2D eigenvalue weighted by molar-refractivity contribution is 6.31. The predicted octanol–water partition coefficient (Wildman–Crippen LogP) is 4.36. The summed E-state index contributed by atoms with van der Waals surface area (Å²) in [6.45, 7) is 9.44. The van der Waals surface area contributed by atoms with Crippen molar-refractivity contribution in [3.63, 3.8) is 0 Å². The summed E-state index contributed by atoms with van der Waals surface area (Å²) in [6.07, 6.45) is 3.42. The van der Waals surface area contributed by atoms with Gasteiger partial charge in [0.15, 0.2) is 0 Å². The number of carbonyl (C=O) groups is 1. The molecule has 7 heteroatoms. The van der Waals surface area contributed by atoms with Gasteiger partial charge in [-0.15, -0.1) is 0 Å². The first kappa shape index (κ1) is 24.2. The first-order chi connectivity index (χ1) is 16.5. The molecule has 178 valence electrons. The molecular formula is C27H31ClN4O2. The number of nitrogens with one attached hydrogen (secondary N) is 1. The van der Waals surface area contributed by atoms with Crippen LogP contribution in [0.4, 0.5) is 0 Å². The smallest absolute Gasteiger partial charge is 0.244 e. The number of aromatic nitrogens is 2. The number of benzene rings is 2. The third-order valence-electron chi connectivity index (χ3n) is 6.08. The van der Waals surface area contributed by atoms with Crippen molar-refractivity contribution < 1.29 is 9.53 Å². The van der Waals surface area contributed by atoms with Crippen LogP contribution in [0.25, 0.3) is 6.08 Å². The van der Waals surface area contributed by atoms with Crippen LogP contribution >= 0.6 is 11.6 Å². The highest BCUT2D eigenvalue weighted by atomic mass is 35.5. The lowest BCUT2D eigenvalue weighted by molar-refractivity contribution is -0.116. The van der Waals surface area contributed by atoms with Gasteiger partial charge in [0.1, 0.15) is 0 Å². The molecule has 4 rings (SSSR count). The molecule has 2 heterocycles. The van der Waals surface area contributed by atoms with Gasteiger partial charge < -0.3 is 10.1 Å². The van der Waals surface area contributed by atoms with E-state index in [1.54, 1.807) is 6.08 Å². The number of halogens is 1. The molecule has 0 spiro atoms. The second kappa shape index (κ2) is 11.5. The molecule has 6 nitrogen and oxygen atoms in total. The molecule has 0 radical (unpaired) electrons. The molecular weight excluding hydrogens is 448 g/mol. The molecule has 1 aromatic heterocycles. The number of morpholine rings is 1. The third kappa shape index (κ3) is 6.35. The Morgan fingerprint density at radius 3 is 2.65 bits per heavy atom. The molecule has 0 saturated carbocycles. The Hall–Kier alpha value is -2.93. The monoisotopic (exact) mass is 478 g/mol. The minimum absolute atomic E-state index is 0.128. The van der Waals surface area contributed by atoms with E-state index in [-0.39, 0.29) is 5.91 Å². The van der Waals surface area contributed by atoms with Gasteiger partial charge >= 0.3 is 0 Å². The number of amides is 1. The summed E-state index contributed by atoms with van der Waals surface area (Å²) >= 11 is 6.30. The van der Waals surface area contributed by atoms with E-state index in [1.807, 2.05) is 61.0 Å². The number of hydrogen-bond donors (Lipinski definition) is 1. The lowest BCUT2D eigenvalue weighted by Gasteiger charge is -2.26. The Balaban J connectivity index is 1.34. The van der Waals surface area contributed by atoms with Crippen LogP contribution < -0.4 is 5.32 Å². The third-order valence-corrected chi connectivity index (χ3v) is 6.45. The van der Waals surface area contributed by atoms with Crippen LogP contribution in [-0.2, 0) is 29.2 Å². The molecule has 3 aromatic rings. The van der Waals surface area contributed by atoms with Crippen molar-refractivity contribution in [2.24, 2.45) is 0 Å². The maximum Gasteiger partial charge on any atom is 0.244 e. The van der Waals surface area contributed by atoms with Crippen molar-refractivity contribution in [2.45, 2.75) is 33.5 Å². The second-order valence-electron chi connectivity index (χ2n) is 8.59. The predicted molar refractivity (Wildman–Crippen MR) is 136 cm³/mol. The van der Waals surface area contributed by atoms with Crippen LogP contribution in [0.1, 0.15) is 33.6 Å². The largest absolute Gasteiger partial charge is 0.379 e. The van der Waals surface area contributed by atoms with Gasteiger partial charge in [-0.2, -0.15) is 5.10 Å². The van der Waals surface area contributed by atoms with Gasteiger partial charge in [0.05, 0.1) is 25.5 Å². The van der Waals surface area contributed by atoms with Crippen LogP contribution in [0.15, 0.2) is 54.6 Å². The summed E-state index contributed by atoms with van der Waals surface area (Å²) in [4.78, 5) is 14.9. The minimum Gasteiger partial charge on any atom is -0.379 e. The maximum atomic E-state index is 12.5. The summed E-state index contributed by atoms with van der Waals surface area (Å²) in [5.41, 5.74) is 6.18. The normalized spacial score (nSPS) is 14.6. The van der Waals surface area contributed by atoms with Crippen molar-refractivity contribution in [3.05, 3.63) is 93.3 Å². The lowest BCUT2D eigenvalue weighted by atomic mass is 10.1. The van der Waals surface area contributed by atoms with Crippen molar-refractivity contribution in [1.29, 1.82) is 0 Å². The zero-order valence-corrected chi connectivity index (χ0v) is 20.5. The Kier molecular flexibility index (Phi) is 8.16. The maximum absolute atomic E-state index is 12.5. The second-order valence-corrected chi connectivity index (χ2v) is 9.00. The van der Waals surface area contributed by atoms with E-state index in [0.29, 0.717) is 13.1 Å². The van der Waals surface area contributed by atoms with Gasteiger partial charge in [0.25, 0.3) is 0 Å². The van der Waals surface area contributed by atoms with Crippen molar-refractivity contribution in [1.82, 2.24) is 20.0 Å². The molecule has 1 fully saturated rings. The van der Waals surface area contributed by atoms with Crippen LogP contribution in [0, 0.1) is 13.8 Å². The highest BCUT2D eigenvalue weighted by Gasteiger charge is 2.12. The average molecular weight is 479 g/mol. The zero-order valence-electron chi connectivity index (χ0n) is 19.8. The van der Waals surface area contributed by atoms with E-state index >= 15 is 0 Å². The number of nitrogens with zero attached hydrogens (tertiary/aromatic N) is 3. The minimum atomic E-state index is -0.128. The number of hydrogen-bond acceptors (Lipinski definition) is 4. The molecule has 1 saturated heterocycles. The molecule has 0 aliphatic carbocycles. The number of aryl methyl sites for hydroxylation is 1. The van der Waals surface area contributed by atoms with Crippen LogP contribution in [0.3, 0.4) is 0 Å². The lowest BCUT2D eigenvalue weighted by Crippen LogP contribution is -2.35. The molecule has 1 amide bonds. The SMILES string of the molecule is Cc1nn(Cc2ccccc2Cl)c(C)c1/C=C/C(=O)NCc1cccc(CN2CCOCC2)c1. The Labute approximate surface area is 206 Å². The zero-order chi connectivity index (χ0) is 23.9. The molecule has 0 bridgehead atoms. The highest BCUT2D eigenvalue weighted by Crippen LogP contribution is 2.20. The van der Waals surface area contributed by atoms with Gasteiger partial charge in [0.2, 0.25) is 5.91 Å². The van der Waals surface area contributed by atoms with E-state index in [9.17, 15) is 4.79 Å². The van der Waals surface area contributed by atoms with Gasteiger partial charge in [-0.3, -0.25) is 14.4 Å². The van der Waals surface area contributed by atoms with Crippen molar-refractivity contribution in [3.8, 4) is 0 Å². The van der Waals surface area contributed by atoms with Gasteiger partial charge in [-0.25, -0.2) is 0 Å². The average Bonchev–Trinajstić information content (AvgIpc) is 3.11. The number of carbonyl (C=O) groups excluding carboxylic acids is 1.